The van der Waals surface area contributed by atoms with Crippen LogP contribution in [0.2, 0.25) is 0 Å². The second-order valence-electron chi connectivity index (χ2n) is 4.64. The number of carboxylic acid groups (broad SMARTS) is 1. The van der Waals surface area contributed by atoms with E-state index in [0.717, 1.165) is 6.54 Å². The molecule has 0 aromatic rings. The first-order chi connectivity index (χ1) is 7.32. The largest absolute Gasteiger partial charge is 0.477 e. The number of hydrogen-bond donors (Lipinski definition) is 6. The van der Waals surface area contributed by atoms with Gasteiger partial charge < -0.3 is 5.11 Å². The third kappa shape index (κ3) is 1.75. The Morgan fingerprint density at radius 2 is 1.94 bits per heavy atom. The van der Waals surface area contributed by atoms with Gasteiger partial charge in [0.25, 0.3) is 0 Å². The first-order valence-corrected chi connectivity index (χ1v) is 6.49. The maximum Gasteiger partial charge on any atom is 0.359 e. The smallest absolute Gasteiger partial charge is 0.359 e. The number of rotatable bonds is 2. The maximum atomic E-state index is 10.8. The van der Waals surface area contributed by atoms with Crippen molar-refractivity contribution < 1.29 is 14.4 Å². The summed E-state index contributed by atoms with van der Waals surface area (Å²) in [5, 5.41) is 15.0. The minimum absolute atomic E-state index is 0.0920. The van der Waals surface area contributed by atoms with Crippen LogP contribution in [0.25, 0.3) is 0 Å². The predicted molar refractivity (Wildman–Crippen MR) is 70.9 cm³/mol. The van der Waals surface area contributed by atoms with Crippen LogP contribution in [0.3, 0.4) is 0 Å². The monoisotopic (exact) mass is 282 g/mol. The lowest BCUT2D eigenvalue weighted by Gasteiger charge is -2.38. The van der Waals surface area contributed by atoms with Gasteiger partial charge in [0.1, 0.15) is 22.8 Å². The van der Waals surface area contributed by atoms with E-state index < -0.39 is 5.97 Å². The third-order valence-electron chi connectivity index (χ3n) is 3.57. The number of quaternary nitrogens is 1. The zero-order valence-corrected chi connectivity index (χ0v) is 11.5. The van der Waals surface area contributed by atoms with Gasteiger partial charge in [-0.25, -0.2) is 4.79 Å². The Bertz CT molecular complexity index is 318. The van der Waals surface area contributed by atoms with Crippen LogP contribution in [0, 0.1) is 0 Å². The number of carboxylic acids is 1. The molecular formula is C8H16N3O2S3+. The van der Waals surface area contributed by atoms with Crippen LogP contribution in [-0.2, 0) is 4.79 Å². The van der Waals surface area contributed by atoms with Crippen molar-refractivity contribution in [2.75, 3.05) is 20.1 Å². The van der Waals surface area contributed by atoms with Crippen molar-refractivity contribution in [3.8, 4) is 0 Å². The van der Waals surface area contributed by atoms with Crippen LogP contribution >= 0.6 is 37.9 Å². The normalized spacial score (nSPS) is 51.6. The fourth-order valence-electron chi connectivity index (χ4n) is 2.57. The Labute approximate surface area is 111 Å². The number of nitrogens with one attached hydrogen (secondary N) is 2. The molecule has 3 N–H and O–H groups in total. The standard InChI is InChI=1S/C8H15N3O2S3/c1-11(2-4(12)13)3-8(11)5(14)9-7(16)10-6(8)15/h5-7,9-10H,2-3H2,1H3,(H3-,12,13,14,15,16)/p+1. The fourth-order valence-corrected chi connectivity index (χ4v) is 4.54. The predicted octanol–water partition coefficient (Wildman–Crippen LogP) is -0.812. The molecule has 3 atom stereocenters. The lowest BCUT2D eigenvalue weighted by molar-refractivity contribution is -0.801. The van der Waals surface area contributed by atoms with Gasteiger partial charge in [0.2, 0.25) is 0 Å². The molecule has 2 saturated heterocycles. The van der Waals surface area contributed by atoms with E-state index in [1.807, 2.05) is 7.05 Å². The van der Waals surface area contributed by atoms with Crippen molar-refractivity contribution in [2.45, 2.75) is 21.8 Å². The highest BCUT2D eigenvalue weighted by molar-refractivity contribution is 7.83. The summed E-state index contributed by atoms with van der Waals surface area (Å²) < 4.78 is 0.450. The van der Waals surface area contributed by atoms with Crippen molar-refractivity contribution in [3.05, 3.63) is 0 Å². The summed E-state index contributed by atoms with van der Waals surface area (Å²) in [5.74, 6) is -0.798. The van der Waals surface area contributed by atoms with Gasteiger partial charge in [0.15, 0.2) is 12.1 Å². The fraction of sp³-hybridized carbons (Fsp3) is 0.875. The second-order valence-corrected chi connectivity index (χ2v) is 6.19. The second kappa shape index (κ2) is 3.96. The van der Waals surface area contributed by atoms with E-state index in [1.54, 1.807) is 0 Å². The van der Waals surface area contributed by atoms with Crippen molar-refractivity contribution in [1.29, 1.82) is 0 Å². The minimum Gasteiger partial charge on any atom is -0.477 e. The van der Waals surface area contributed by atoms with E-state index in [-0.39, 0.29) is 28.3 Å². The molecule has 2 rings (SSSR count). The van der Waals surface area contributed by atoms with Crippen molar-refractivity contribution >= 4 is 43.9 Å². The van der Waals surface area contributed by atoms with Crippen molar-refractivity contribution in [3.63, 3.8) is 0 Å². The number of carbonyl (C=O) groups is 1. The molecule has 0 saturated carbocycles. The quantitative estimate of drug-likeness (QED) is 0.228. The lowest BCUT2D eigenvalue weighted by Crippen LogP contribution is -2.66. The molecule has 0 aliphatic carbocycles. The van der Waals surface area contributed by atoms with Gasteiger partial charge in [-0.1, -0.05) is 0 Å². The maximum absolute atomic E-state index is 10.8. The van der Waals surface area contributed by atoms with Crippen molar-refractivity contribution in [1.82, 2.24) is 10.6 Å². The summed E-state index contributed by atoms with van der Waals surface area (Å²) in [7, 11) is 1.92. The molecule has 5 nitrogen and oxygen atoms in total. The molecule has 0 radical (unpaired) electrons. The molecule has 2 aliphatic rings. The number of aliphatic carboxylic acids is 1. The average Bonchev–Trinajstić information content (AvgIpc) is 2.68. The average molecular weight is 282 g/mol. The number of likely N-dealkylation sites (N-methyl/N-ethyl adjacent to an activating group) is 1. The molecule has 0 amide bonds. The van der Waals surface area contributed by atoms with Gasteiger partial charge in [-0.15, -0.1) is 12.6 Å². The summed E-state index contributed by atoms with van der Waals surface area (Å²) in [4.78, 5) is 10.8. The molecule has 92 valence electrons. The highest BCUT2D eigenvalue weighted by atomic mass is 32.1. The van der Waals surface area contributed by atoms with Crippen LogP contribution in [0.4, 0.5) is 0 Å². The molecule has 16 heavy (non-hydrogen) atoms. The number of thiol groups is 3. The van der Waals surface area contributed by atoms with E-state index in [1.165, 1.54) is 0 Å². The third-order valence-corrected chi connectivity index (χ3v) is 5.06. The van der Waals surface area contributed by atoms with E-state index in [9.17, 15) is 4.79 Å². The molecular weight excluding hydrogens is 266 g/mol. The summed E-state index contributed by atoms with van der Waals surface area (Å²) in [5.41, 5.74) is -0.432. The molecule has 0 bridgehead atoms. The van der Waals surface area contributed by atoms with Crippen LogP contribution in [-0.4, -0.2) is 57.5 Å². The Kier molecular flexibility index (Phi) is 3.18. The molecule has 0 aromatic heterocycles. The topological polar surface area (TPSA) is 61.4 Å². The van der Waals surface area contributed by atoms with Gasteiger partial charge in [0.05, 0.1) is 7.05 Å². The molecule has 1 spiro atoms. The molecule has 0 aromatic carbocycles. The first-order valence-electron chi connectivity index (χ1n) is 4.94. The molecule has 8 heteroatoms. The summed E-state index contributed by atoms with van der Waals surface area (Å²) >= 11 is 13.3. The van der Waals surface area contributed by atoms with Crippen LogP contribution in [0.1, 0.15) is 0 Å². The van der Waals surface area contributed by atoms with Crippen LogP contribution < -0.4 is 10.6 Å². The van der Waals surface area contributed by atoms with Gasteiger partial charge >= 0.3 is 5.97 Å². The minimum atomic E-state index is -0.798. The Morgan fingerprint density at radius 3 is 2.38 bits per heavy atom. The summed E-state index contributed by atoms with van der Waals surface area (Å²) in [6.07, 6.45) is 0. The van der Waals surface area contributed by atoms with E-state index in [2.05, 4.69) is 48.5 Å². The highest BCUT2D eigenvalue weighted by Crippen LogP contribution is 2.49. The SMILES string of the molecule is C[N+]1(CC(=O)O)CC12C(S)NC(S)NC2S. The number of nitrogens with zero attached hydrogens (tertiary/aromatic N) is 1. The van der Waals surface area contributed by atoms with Gasteiger partial charge in [0, 0.05) is 0 Å². The zero-order valence-electron chi connectivity index (χ0n) is 8.79. The molecule has 2 fully saturated rings. The summed E-state index contributed by atoms with van der Waals surface area (Å²) in [6.45, 7) is 0.844. The van der Waals surface area contributed by atoms with Gasteiger partial charge in [-0.05, 0) is 0 Å². The van der Waals surface area contributed by atoms with E-state index in [0.29, 0.717) is 4.48 Å². The summed E-state index contributed by atoms with van der Waals surface area (Å²) in [6, 6.07) is 0. The Morgan fingerprint density at radius 1 is 1.44 bits per heavy atom. The lowest BCUT2D eigenvalue weighted by atomic mass is 10.1. The Hall–Kier alpha value is 0.400. The molecule has 2 aliphatic heterocycles. The van der Waals surface area contributed by atoms with Gasteiger partial charge in [-0.2, -0.15) is 25.3 Å². The number of hydrogen-bond acceptors (Lipinski definition) is 6. The highest BCUT2D eigenvalue weighted by Gasteiger charge is 2.75. The van der Waals surface area contributed by atoms with Gasteiger partial charge in [-0.3, -0.25) is 15.1 Å². The molecule has 3 unspecified atom stereocenters. The van der Waals surface area contributed by atoms with E-state index in [4.69, 9.17) is 5.11 Å². The zero-order chi connectivity index (χ0) is 12.1. The Balaban J connectivity index is 2.18. The van der Waals surface area contributed by atoms with E-state index >= 15 is 0 Å². The van der Waals surface area contributed by atoms with Crippen LogP contribution in [0.15, 0.2) is 0 Å². The van der Waals surface area contributed by atoms with Crippen molar-refractivity contribution in [2.24, 2.45) is 0 Å². The molecule has 2 heterocycles. The van der Waals surface area contributed by atoms with Crippen LogP contribution in [0.5, 0.6) is 0 Å². The first kappa shape index (κ1) is 12.8.